The molecule has 0 bridgehead atoms. The fourth-order valence-corrected chi connectivity index (χ4v) is 1.88. The molecule has 1 aliphatic rings. The van der Waals surface area contributed by atoms with Gasteiger partial charge in [-0.25, -0.2) is 4.98 Å². The maximum Gasteiger partial charge on any atom is 0.213 e. The van der Waals surface area contributed by atoms with Crippen LogP contribution in [-0.2, 0) is 0 Å². The van der Waals surface area contributed by atoms with E-state index in [-0.39, 0.29) is 0 Å². The molecule has 1 heterocycles. The molecular formula is C12H17NO. The maximum atomic E-state index is 5.80. The van der Waals surface area contributed by atoms with Crippen LogP contribution in [0.2, 0.25) is 0 Å². The highest BCUT2D eigenvalue weighted by Gasteiger charge is 2.14. The predicted octanol–water partition coefficient (Wildman–Crippen LogP) is 3.10. The highest BCUT2D eigenvalue weighted by molar-refractivity contribution is 5.16. The summed E-state index contributed by atoms with van der Waals surface area (Å²) in [4.78, 5) is 4.25. The lowest BCUT2D eigenvalue weighted by molar-refractivity contribution is 0.148. The van der Waals surface area contributed by atoms with Crippen LogP contribution in [-0.4, -0.2) is 11.1 Å². The molecule has 1 fully saturated rings. The van der Waals surface area contributed by atoms with Crippen LogP contribution in [0.4, 0.5) is 0 Å². The highest BCUT2D eigenvalue weighted by Crippen LogP contribution is 2.21. The third-order valence-electron chi connectivity index (χ3n) is 2.72. The molecule has 1 aromatic heterocycles. The first-order valence-electron chi connectivity index (χ1n) is 5.44. The number of aromatic nitrogens is 1. The van der Waals surface area contributed by atoms with Crippen molar-refractivity contribution in [2.24, 2.45) is 0 Å². The monoisotopic (exact) mass is 191 g/mol. The molecule has 1 aliphatic carbocycles. The van der Waals surface area contributed by atoms with Crippen molar-refractivity contribution < 1.29 is 4.74 Å². The third-order valence-corrected chi connectivity index (χ3v) is 2.72. The number of aryl methyl sites for hydroxylation is 1. The quantitative estimate of drug-likeness (QED) is 0.716. The number of hydrogen-bond acceptors (Lipinski definition) is 2. The molecule has 0 saturated heterocycles. The summed E-state index contributed by atoms with van der Waals surface area (Å²) < 4.78 is 5.80. The Morgan fingerprint density at radius 2 is 2.00 bits per heavy atom. The van der Waals surface area contributed by atoms with E-state index in [1.165, 1.54) is 37.7 Å². The Hall–Kier alpha value is -1.05. The summed E-state index contributed by atoms with van der Waals surface area (Å²) in [5, 5.41) is 0. The van der Waals surface area contributed by atoms with Crippen LogP contribution >= 0.6 is 0 Å². The van der Waals surface area contributed by atoms with Gasteiger partial charge < -0.3 is 4.74 Å². The molecule has 2 nitrogen and oxygen atoms in total. The van der Waals surface area contributed by atoms with E-state index in [9.17, 15) is 0 Å². The van der Waals surface area contributed by atoms with Crippen molar-refractivity contribution in [1.29, 1.82) is 0 Å². The molecular weight excluding hydrogens is 174 g/mol. The van der Waals surface area contributed by atoms with E-state index in [2.05, 4.69) is 4.98 Å². The standard InChI is InChI=1S/C12H17NO/c1-10-7-8-12(13-9-10)14-11-5-3-2-4-6-11/h7-9,11H,2-6H2,1H3. The Labute approximate surface area is 85.3 Å². The van der Waals surface area contributed by atoms with Crippen molar-refractivity contribution in [2.45, 2.75) is 45.1 Å². The number of hydrogen-bond donors (Lipinski definition) is 0. The lowest BCUT2D eigenvalue weighted by Gasteiger charge is -2.22. The van der Waals surface area contributed by atoms with E-state index < -0.39 is 0 Å². The first-order chi connectivity index (χ1) is 6.84. The molecule has 0 amide bonds. The fourth-order valence-electron chi connectivity index (χ4n) is 1.88. The summed E-state index contributed by atoms with van der Waals surface area (Å²) in [6.07, 6.45) is 8.61. The van der Waals surface area contributed by atoms with Crippen LogP contribution in [0.1, 0.15) is 37.7 Å². The molecule has 0 N–H and O–H groups in total. The van der Waals surface area contributed by atoms with E-state index in [4.69, 9.17) is 4.74 Å². The summed E-state index contributed by atoms with van der Waals surface area (Å²) >= 11 is 0. The van der Waals surface area contributed by atoms with Gasteiger partial charge in [-0.15, -0.1) is 0 Å². The zero-order valence-electron chi connectivity index (χ0n) is 8.70. The van der Waals surface area contributed by atoms with Crippen molar-refractivity contribution in [2.75, 3.05) is 0 Å². The Morgan fingerprint density at radius 3 is 2.64 bits per heavy atom. The number of pyridine rings is 1. The summed E-state index contributed by atoms with van der Waals surface area (Å²) in [6.45, 7) is 2.04. The number of rotatable bonds is 2. The summed E-state index contributed by atoms with van der Waals surface area (Å²) in [5.74, 6) is 0.780. The molecule has 0 atom stereocenters. The van der Waals surface area contributed by atoms with Crippen molar-refractivity contribution in [3.05, 3.63) is 23.9 Å². The van der Waals surface area contributed by atoms with Crippen LogP contribution in [0.15, 0.2) is 18.3 Å². The molecule has 0 aliphatic heterocycles. The van der Waals surface area contributed by atoms with Gasteiger partial charge in [0.1, 0.15) is 6.10 Å². The predicted molar refractivity (Wildman–Crippen MR) is 56.5 cm³/mol. The second kappa shape index (κ2) is 4.45. The number of nitrogens with zero attached hydrogens (tertiary/aromatic N) is 1. The van der Waals surface area contributed by atoms with Crippen molar-refractivity contribution in [1.82, 2.24) is 4.98 Å². The van der Waals surface area contributed by atoms with Gasteiger partial charge in [0.15, 0.2) is 0 Å². The SMILES string of the molecule is Cc1ccc(OC2CCCCC2)nc1. The first kappa shape index (κ1) is 9.50. The minimum absolute atomic E-state index is 0.402. The van der Waals surface area contributed by atoms with E-state index in [1.807, 2.05) is 25.3 Å². The Kier molecular flexibility index (Phi) is 3.02. The van der Waals surface area contributed by atoms with Crippen LogP contribution in [0.5, 0.6) is 5.88 Å². The fraction of sp³-hybridized carbons (Fsp3) is 0.583. The van der Waals surface area contributed by atoms with Crippen molar-refractivity contribution in [3.63, 3.8) is 0 Å². The molecule has 2 heteroatoms. The van der Waals surface area contributed by atoms with E-state index >= 15 is 0 Å². The Bertz CT molecular complexity index is 275. The maximum absolute atomic E-state index is 5.80. The number of ether oxygens (including phenoxy) is 1. The summed E-state index contributed by atoms with van der Waals surface area (Å²) in [7, 11) is 0. The van der Waals surface area contributed by atoms with Crippen LogP contribution < -0.4 is 4.74 Å². The van der Waals surface area contributed by atoms with Gasteiger partial charge in [-0.1, -0.05) is 12.5 Å². The molecule has 0 spiro atoms. The minimum Gasteiger partial charge on any atom is -0.474 e. The summed E-state index contributed by atoms with van der Waals surface area (Å²) in [5.41, 5.74) is 1.18. The van der Waals surface area contributed by atoms with Gasteiger partial charge in [-0.2, -0.15) is 0 Å². The Balaban J connectivity index is 1.92. The zero-order chi connectivity index (χ0) is 9.80. The third kappa shape index (κ3) is 2.47. The van der Waals surface area contributed by atoms with Gasteiger partial charge in [0.25, 0.3) is 0 Å². The first-order valence-corrected chi connectivity index (χ1v) is 5.44. The zero-order valence-corrected chi connectivity index (χ0v) is 8.70. The van der Waals surface area contributed by atoms with Gasteiger partial charge in [0.05, 0.1) is 0 Å². The van der Waals surface area contributed by atoms with Crippen LogP contribution in [0, 0.1) is 6.92 Å². The largest absolute Gasteiger partial charge is 0.474 e. The van der Waals surface area contributed by atoms with Crippen LogP contribution in [0.25, 0.3) is 0 Å². The van der Waals surface area contributed by atoms with E-state index in [1.54, 1.807) is 0 Å². The molecule has 0 radical (unpaired) electrons. The van der Waals surface area contributed by atoms with Gasteiger partial charge >= 0.3 is 0 Å². The topological polar surface area (TPSA) is 22.1 Å². The van der Waals surface area contributed by atoms with Gasteiger partial charge in [0.2, 0.25) is 5.88 Å². The second-order valence-corrected chi connectivity index (χ2v) is 4.05. The molecule has 1 aromatic rings. The molecule has 2 rings (SSSR count). The molecule has 1 saturated carbocycles. The molecule has 14 heavy (non-hydrogen) atoms. The average molecular weight is 191 g/mol. The average Bonchev–Trinajstić information content (AvgIpc) is 2.23. The Morgan fingerprint density at radius 1 is 1.21 bits per heavy atom. The highest BCUT2D eigenvalue weighted by atomic mass is 16.5. The van der Waals surface area contributed by atoms with E-state index in [0.29, 0.717) is 6.10 Å². The van der Waals surface area contributed by atoms with Crippen LogP contribution in [0.3, 0.4) is 0 Å². The normalized spacial score (nSPS) is 18.1. The van der Waals surface area contributed by atoms with Gasteiger partial charge in [0, 0.05) is 12.3 Å². The van der Waals surface area contributed by atoms with Crippen molar-refractivity contribution >= 4 is 0 Å². The summed E-state index contributed by atoms with van der Waals surface area (Å²) in [6, 6.07) is 4.01. The lowest BCUT2D eigenvalue weighted by atomic mass is 9.98. The van der Waals surface area contributed by atoms with Crippen molar-refractivity contribution in [3.8, 4) is 5.88 Å². The smallest absolute Gasteiger partial charge is 0.213 e. The lowest BCUT2D eigenvalue weighted by Crippen LogP contribution is -2.20. The second-order valence-electron chi connectivity index (χ2n) is 4.05. The molecule has 0 aromatic carbocycles. The minimum atomic E-state index is 0.402. The van der Waals surface area contributed by atoms with Gasteiger partial charge in [-0.3, -0.25) is 0 Å². The van der Waals surface area contributed by atoms with Gasteiger partial charge in [-0.05, 0) is 38.2 Å². The van der Waals surface area contributed by atoms with E-state index in [0.717, 1.165) is 5.88 Å². The molecule has 0 unspecified atom stereocenters. The molecule has 76 valence electrons.